The number of methoxy groups -OCH3 is 1. The summed E-state index contributed by atoms with van der Waals surface area (Å²) in [6.45, 7) is 1.91. The molecule has 0 saturated carbocycles. The maximum Gasteiger partial charge on any atom is 0.308 e. The van der Waals surface area contributed by atoms with E-state index in [1.807, 2.05) is 37.3 Å². The van der Waals surface area contributed by atoms with Gasteiger partial charge in [0.1, 0.15) is 0 Å². The van der Waals surface area contributed by atoms with Gasteiger partial charge < -0.3 is 9.84 Å². The molecule has 0 spiro atoms. The zero-order valence-corrected chi connectivity index (χ0v) is 11.7. The molecule has 20 heavy (non-hydrogen) atoms. The number of carbonyl (C=O) groups excluding carboxylic acids is 1. The molecule has 0 fully saturated rings. The zero-order chi connectivity index (χ0) is 14.5. The van der Waals surface area contributed by atoms with Gasteiger partial charge in [-0.1, -0.05) is 31.2 Å². The van der Waals surface area contributed by atoms with E-state index in [1.165, 1.54) is 7.11 Å². The summed E-state index contributed by atoms with van der Waals surface area (Å²) in [6.07, 6.45) is 1.86. The van der Waals surface area contributed by atoms with E-state index in [2.05, 4.69) is 4.98 Å². The topological polar surface area (TPSA) is 59.4 Å². The maximum absolute atomic E-state index is 11.6. The Morgan fingerprint density at radius 1 is 1.35 bits per heavy atom. The van der Waals surface area contributed by atoms with Crippen molar-refractivity contribution in [2.75, 3.05) is 7.11 Å². The number of benzene rings is 1. The summed E-state index contributed by atoms with van der Waals surface area (Å²) in [5.74, 6) is -0.595. The first-order chi connectivity index (χ1) is 9.67. The van der Waals surface area contributed by atoms with Gasteiger partial charge in [0.2, 0.25) is 0 Å². The number of pyridine rings is 1. The Hall–Kier alpha value is -1.94. The third-order valence-corrected chi connectivity index (χ3v) is 3.56. The van der Waals surface area contributed by atoms with E-state index in [9.17, 15) is 9.90 Å². The molecule has 2 unspecified atom stereocenters. The summed E-state index contributed by atoms with van der Waals surface area (Å²) in [5.41, 5.74) is 0.616. The molecule has 106 valence electrons. The van der Waals surface area contributed by atoms with Crippen LogP contribution in [-0.2, 0) is 9.53 Å². The highest BCUT2D eigenvalue weighted by Crippen LogP contribution is 2.27. The second-order valence-corrected chi connectivity index (χ2v) is 4.80. The van der Waals surface area contributed by atoms with Crippen molar-refractivity contribution in [3.05, 3.63) is 42.2 Å². The highest BCUT2D eigenvalue weighted by Gasteiger charge is 2.23. The Kier molecular flexibility index (Phi) is 4.69. The molecule has 2 rings (SSSR count). The largest absolute Gasteiger partial charge is 0.469 e. The van der Waals surface area contributed by atoms with Crippen molar-refractivity contribution in [3.63, 3.8) is 0 Å². The first-order valence-corrected chi connectivity index (χ1v) is 6.77. The summed E-state index contributed by atoms with van der Waals surface area (Å²) >= 11 is 0. The number of esters is 1. The van der Waals surface area contributed by atoms with Crippen LogP contribution in [0, 0.1) is 5.92 Å². The van der Waals surface area contributed by atoms with Gasteiger partial charge in [0.25, 0.3) is 0 Å². The van der Waals surface area contributed by atoms with Gasteiger partial charge in [-0.05, 0) is 24.3 Å². The van der Waals surface area contributed by atoms with Crippen LogP contribution in [0.15, 0.2) is 36.5 Å². The fraction of sp³-hybridized carbons (Fsp3) is 0.375. The molecule has 1 aromatic heterocycles. The van der Waals surface area contributed by atoms with E-state index in [-0.39, 0.29) is 11.9 Å². The van der Waals surface area contributed by atoms with E-state index in [1.54, 1.807) is 6.20 Å². The number of rotatable bonds is 5. The fourth-order valence-electron chi connectivity index (χ4n) is 2.39. The number of ether oxygens (including phenoxy) is 1. The number of carbonyl (C=O) groups is 1. The highest BCUT2D eigenvalue weighted by molar-refractivity contribution is 5.84. The molecule has 1 aromatic carbocycles. The molecule has 2 atom stereocenters. The number of aliphatic hydroxyl groups is 1. The predicted octanol–water partition coefficient (Wildman–Crippen LogP) is 2.86. The summed E-state index contributed by atoms with van der Waals surface area (Å²) in [4.78, 5) is 15.9. The molecule has 4 heteroatoms. The molecule has 0 bridgehead atoms. The molecule has 0 radical (unpaired) electrons. The number of aromatic nitrogens is 1. The number of hydrogen-bond acceptors (Lipinski definition) is 4. The summed E-state index contributed by atoms with van der Waals surface area (Å²) in [5, 5.41) is 12.3. The van der Waals surface area contributed by atoms with Crippen LogP contribution in [0.5, 0.6) is 0 Å². The minimum Gasteiger partial charge on any atom is -0.469 e. The van der Waals surface area contributed by atoms with E-state index < -0.39 is 6.10 Å². The zero-order valence-electron chi connectivity index (χ0n) is 11.7. The molecule has 0 aliphatic carbocycles. The van der Waals surface area contributed by atoms with Gasteiger partial charge in [-0.15, -0.1) is 0 Å². The molecule has 0 aliphatic rings. The van der Waals surface area contributed by atoms with Crippen molar-refractivity contribution in [3.8, 4) is 0 Å². The molecule has 0 amide bonds. The molecule has 1 N–H and O–H groups in total. The van der Waals surface area contributed by atoms with Crippen LogP contribution in [0.25, 0.3) is 10.8 Å². The van der Waals surface area contributed by atoms with Crippen LogP contribution < -0.4 is 0 Å². The lowest BCUT2D eigenvalue weighted by Crippen LogP contribution is -2.19. The van der Waals surface area contributed by atoms with Crippen LogP contribution >= 0.6 is 0 Å². The van der Waals surface area contributed by atoms with Crippen molar-refractivity contribution in [1.29, 1.82) is 0 Å². The fourth-order valence-corrected chi connectivity index (χ4v) is 2.39. The Labute approximate surface area is 118 Å². The molecule has 1 heterocycles. The molecular weight excluding hydrogens is 254 g/mol. The second-order valence-electron chi connectivity index (χ2n) is 4.80. The van der Waals surface area contributed by atoms with Crippen LogP contribution in [0.3, 0.4) is 0 Å². The minimum atomic E-state index is -0.773. The van der Waals surface area contributed by atoms with Gasteiger partial charge >= 0.3 is 5.97 Å². The van der Waals surface area contributed by atoms with Crippen molar-refractivity contribution < 1.29 is 14.6 Å². The highest BCUT2D eigenvalue weighted by atomic mass is 16.5. The van der Waals surface area contributed by atoms with E-state index >= 15 is 0 Å². The lowest BCUT2D eigenvalue weighted by molar-refractivity contribution is -0.146. The summed E-state index contributed by atoms with van der Waals surface area (Å²) in [6, 6.07) is 9.67. The minimum absolute atomic E-state index is 0.285. The molecule has 0 aliphatic heterocycles. The number of fused-ring (bicyclic) bond motifs is 1. The van der Waals surface area contributed by atoms with Crippen molar-refractivity contribution in [2.45, 2.75) is 25.9 Å². The lowest BCUT2D eigenvalue weighted by atomic mass is 9.95. The van der Waals surface area contributed by atoms with Crippen LogP contribution in [-0.4, -0.2) is 23.2 Å². The van der Waals surface area contributed by atoms with Crippen LogP contribution in [0.2, 0.25) is 0 Å². The van der Waals surface area contributed by atoms with Crippen LogP contribution in [0.1, 0.15) is 31.6 Å². The van der Waals surface area contributed by atoms with Crippen LogP contribution in [0.4, 0.5) is 0 Å². The first kappa shape index (κ1) is 14.5. The molecular formula is C16H19NO3. The predicted molar refractivity (Wildman–Crippen MR) is 77.1 cm³/mol. The summed E-state index contributed by atoms with van der Waals surface area (Å²) in [7, 11) is 1.37. The number of hydrogen-bond donors (Lipinski definition) is 1. The van der Waals surface area contributed by atoms with Gasteiger partial charge in [-0.2, -0.15) is 0 Å². The second kappa shape index (κ2) is 6.48. The van der Waals surface area contributed by atoms with Crippen molar-refractivity contribution in [1.82, 2.24) is 4.98 Å². The smallest absolute Gasteiger partial charge is 0.308 e. The van der Waals surface area contributed by atoms with Gasteiger partial charge in [-0.25, -0.2) is 0 Å². The average molecular weight is 273 g/mol. The number of aliphatic hydroxyl groups excluding tert-OH is 1. The molecule has 4 nitrogen and oxygen atoms in total. The third kappa shape index (κ3) is 2.96. The quantitative estimate of drug-likeness (QED) is 0.851. The van der Waals surface area contributed by atoms with Crippen molar-refractivity contribution >= 4 is 16.7 Å². The van der Waals surface area contributed by atoms with E-state index in [4.69, 9.17) is 4.74 Å². The van der Waals surface area contributed by atoms with E-state index in [0.717, 1.165) is 10.8 Å². The Bertz CT molecular complexity index is 592. The van der Waals surface area contributed by atoms with Crippen molar-refractivity contribution in [2.24, 2.45) is 5.92 Å². The molecule has 2 aromatic rings. The normalized spacial score (nSPS) is 13.9. The first-order valence-electron chi connectivity index (χ1n) is 6.77. The average Bonchev–Trinajstić information content (AvgIpc) is 2.51. The maximum atomic E-state index is 11.6. The summed E-state index contributed by atoms with van der Waals surface area (Å²) < 4.78 is 4.76. The standard InChI is InChI=1S/C16H19NO3/c1-3-11(16(19)20-2)10-14(18)15-13-7-5-4-6-12(13)8-9-17-15/h4-9,11,14,18H,3,10H2,1-2H3. The van der Waals surface area contributed by atoms with Gasteiger partial charge in [-0.3, -0.25) is 9.78 Å². The SMILES string of the molecule is CCC(CC(O)c1nccc2ccccc12)C(=O)OC. The lowest BCUT2D eigenvalue weighted by Gasteiger charge is -2.17. The van der Waals surface area contributed by atoms with Gasteiger partial charge in [0.15, 0.2) is 0 Å². The number of nitrogens with zero attached hydrogens (tertiary/aromatic N) is 1. The van der Waals surface area contributed by atoms with Gasteiger partial charge in [0, 0.05) is 11.6 Å². The van der Waals surface area contributed by atoms with Gasteiger partial charge in [0.05, 0.1) is 24.8 Å². The molecule has 0 saturated heterocycles. The Balaban J connectivity index is 2.27. The third-order valence-electron chi connectivity index (χ3n) is 3.56. The monoisotopic (exact) mass is 273 g/mol. The van der Waals surface area contributed by atoms with E-state index in [0.29, 0.717) is 18.5 Å². The Morgan fingerprint density at radius 2 is 2.10 bits per heavy atom. The Morgan fingerprint density at radius 3 is 2.80 bits per heavy atom.